The molecule has 1 aliphatic carbocycles. The Hall–Kier alpha value is -4.04. The number of carbonyl (C=O) groups excluding carboxylic acids is 2. The van der Waals surface area contributed by atoms with Crippen molar-refractivity contribution in [2.24, 2.45) is 5.92 Å². The predicted molar refractivity (Wildman–Crippen MR) is 149 cm³/mol. The van der Waals surface area contributed by atoms with Gasteiger partial charge in [0.2, 0.25) is 11.8 Å². The molecule has 8 heteroatoms. The fourth-order valence-corrected chi connectivity index (χ4v) is 5.51. The molecule has 2 atom stereocenters. The number of rotatable bonds is 9. The van der Waals surface area contributed by atoms with E-state index in [1.807, 2.05) is 24.3 Å². The first-order chi connectivity index (χ1) is 19.0. The third kappa shape index (κ3) is 6.34. The van der Waals surface area contributed by atoms with Crippen LogP contribution < -0.4 is 10.6 Å². The summed E-state index contributed by atoms with van der Waals surface area (Å²) in [6.45, 7) is 0.614. The highest BCUT2D eigenvalue weighted by Crippen LogP contribution is 2.38. The number of amides is 2. The smallest absolute Gasteiger partial charge is 0.245 e. The Bertz CT molecular complexity index is 1430. The summed E-state index contributed by atoms with van der Waals surface area (Å²) in [5, 5.41) is 15.0. The highest BCUT2D eigenvalue weighted by atomic mass is 19.1. The average Bonchev–Trinajstić information content (AvgIpc) is 3.30. The van der Waals surface area contributed by atoms with Gasteiger partial charge in [-0.1, -0.05) is 49.2 Å². The molecule has 0 radical (unpaired) electrons. The molecule has 1 fully saturated rings. The standard InChI is InChI=1S/C31H33FN4O3/c32-23-13-15-24(16-14-23)33-19-30(38)35-31(39)26-6-2-1-5-25(26)22-11-9-21(10-12-22)20-36-28-8-4-3-7-27(28)34-29(36)17-18-37/h3-4,7-16,25-26,33,37H,1-2,5-6,17-20H2,(H,35,38,39)/t25-,26-/m0/s1. The summed E-state index contributed by atoms with van der Waals surface area (Å²) in [7, 11) is 0. The van der Waals surface area contributed by atoms with Gasteiger partial charge in [-0.15, -0.1) is 0 Å². The van der Waals surface area contributed by atoms with Gasteiger partial charge in [0.1, 0.15) is 11.6 Å². The van der Waals surface area contributed by atoms with Crippen molar-refractivity contribution < 1.29 is 19.1 Å². The summed E-state index contributed by atoms with van der Waals surface area (Å²) >= 11 is 0. The summed E-state index contributed by atoms with van der Waals surface area (Å²) in [4.78, 5) is 30.2. The molecule has 1 heterocycles. The quantitative estimate of drug-likeness (QED) is 0.290. The Morgan fingerprint density at radius 2 is 1.72 bits per heavy atom. The fraction of sp³-hybridized carbons (Fsp3) is 0.323. The number of aliphatic hydroxyl groups excluding tert-OH is 1. The molecule has 3 N–H and O–H groups in total. The van der Waals surface area contributed by atoms with Crippen LogP contribution in [0, 0.1) is 11.7 Å². The van der Waals surface area contributed by atoms with Gasteiger partial charge in [0.25, 0.3) is 0 Å². The van der Waals surface area contributed by atoms with Crippen LogP contribution >= 0.6 is 0 Å². The molecule has 202 valence electrons. The second kappa shape index (κ2) is 12.2. The van der Waals surface area contributed by atoms with E-state index in [0.29, 0.717) is 18.7 Å². The topological polar surface area (TPSA) is 96.2 Å². The van der Waals surface area contributed by atoms with Crippen molar-refractivity contribution >= 4 is 28.5 Å². The van der Waals surface area contributed by atoms with Gasteiger partial charge in [0.05, 0.1) is 24.2 Å². The number of imide groups is 1. The molecule has 1 aliphatic rings. The van der Waals surface area contributed by atoms with Crippen LogP contribution in [0.25, 0.3) is 11.0 Å². The first-order valence-electron chi connectivity index (χ1n) is 13.5. The highest BCUT2D eigenvalue weighted by molar-refractivity contribution is 5.98. The number of aliphatic hydroxyl groups is 1. The zero-order chi connectivity index (χ0) is 27.2. The van der Waals surface area contributed by atoms with Crippen LogP contribution in [0.1, 0.15) is 48.6 Å². The first kappa shape index (κ1) is 26.6. The van der Waals surface area contributed by atoms with E-state index in [4.69, 9.17) is 0 Å². The number of nitrogens with zero attached hydrogens (tertiary/aromatic N) is 2. The summed E-state index contributed by atoms with van der Waals surface area (Å²) in [6.07, 6.45) is 4.12. The van der Waals surface area contributed by atoms with Crippen LogP contribution in [0.15, 0.2) is 72.8 Å². The van der Waals surface area contributed by atoms with Gasteiger partial charge in [0, 0.05) is 24.6 Å². The number of carbonyl (C=O) groups is 2. The Kier molecular flexibility index (Phi) is 8.32. The second-order valence-electron chi connectivity index (χ2n) is 10.1. The van der Waals surface area contributed by atoms with E-state index in [0.717, 1.165) is 53.7 Å². The summed E-state index contributed by atoms with van der Waals surface area (Å²) < 4.78 is 15.2. The SMILES string of the molecule is O=C(CNc1ccc(F)cc1)NC(=O)[C@H]1CCCC[C@H]1c1ccc(Cn2c(CCO)nc3ccccc32)cc1. The Morgan fingerprint density at radius 1 is 0.974 bits per heavy atom. The largest absolute Gasteiger partial charge is 0.396 e. The number of fused-ring (bicyclic) bond motifs is 1. The van der Waals surface area contributed by atoms with Crippen molar-refractivity contribution in [3.63, 3.8) is 0 Å². The number of halogens is 1. The van der Waals surface area contributed by atoms with E-state index in [9.17, 15) is 19.1 Å². The molecule has 0 aliphatic heterocycles. The molecule has 5 rings (SSSR count). The third-order valence-electron chi connectivity index (χ3n) is 7.48. The zero-order valence-corrected chi connectivity index (χ0v) is 21.8. The minimum atomic E-state index is -0.407. The highest BCUT2D eigenvalue weighted by Gasteiger charge is 2.32. The number of para-hydroxylation sites is 2. The number of hydrogen-bond donors (Lipinski definition) is 3. The van der Waals surface area contributed by atoms with Gasteiger partial charge in [0.15, 0.2) is 0 Å². The molecule has 3 aromatic carbocycles. The Morgan fingerprint density at radius 3 is 2.49 bits per heavy atom. The van der Waals surface area contributed by atoms with Crippen molar-refractivity contribution in [2.45, 2.75) is 44.6 Å². The number of aromatic nitrogens is 2. The first-order valence-corrected chi connectivity index (χ1v) is 13.5. The normalized spacial score (nSPS) is 17.2. The molecule has 1 saturated carbocycles. The predicted octanol–water partition coefficient (Wildman–Crippen LogP) is 4.79. The van der Waals surface area contributed by atoms with Crippen molar-refractivity contribution in [3.8, 4) is 0 Å². The molecule has 0 spiro atoms. The van der Waals surface area contributed by atoms with Crippen molar-refractivity contribution in [2.75, 3.05) is 18.5 Å². The molecule has 7 nitrogen and oxygen atoms in total. The van der Waals surface area contributed by atoms with Gasteiger partial charge in [-0.2, -0.15) is 0 Å². The van der Waals surface area contributed by atoms with Crippen LogP contribution in [-0.2, 0) is 22.6 Å². The molecule has 0 bridgehead atoms. The zero-order valence-electron chi connectivity index (χ0n) is 21.8. The molecule has 2 amide bonds. The van der Waals surface area contributed by atoms with Crippen LogP contribution in [0.5, 0.6) is 0 Å². The molecule has 4 aromatic rings. The van der Waals surface area contributed by atoms with E-state index >= 15 is 0 Å². The average molecular weight is 529 g/mol. The Labute approximate surface area is 227 Å². The maximum absolute atomic E-state index is 13.1. The lowest BCUT2D eigenvalue weighted by Gasteiger charge is -2.31. The van der Waals surface area contributed by atoms with Gasteiger partial charge >= 0.3 is 0 Å². The van der Waals surface area contributed by atoms with E-state index in [1.165, 1.54) is 12.1 Å². The van der Waals surface area contributed by atoms with Gasteiger partial charge in [-0.3, -0.25) is 14.9 Å². The second-order valence-corrected chi connectivity index (χ2v) is 10.1. The van der Waals surface area contributed by atoms with Crippen molar-refractivity contribution in [3.05, 3.63) is 95.6 Å². The lowest BCUT2D eigenvalue weighted by molar-refractivity contribution is -0.133. The van der Waals surface area contributed by atoms with Gasteiger partial charge < -0.3 is 15.0 Å². The summed E-state index contributed by atoms with van der Waals surface area (Å²) in [6, 6.07) is 22.1. The maximum Gasteiger partial charge on any atom is 0.245 e. The van der Waals surface area contributed by atoms with E-state index < -0.39 is 5.91 Å². The van der Waals surface area contributed by atoms with Crippen molar-refractivity contribution in [1.82, 2.24) is 14.9 Å². The van der Waals surface area contributed by atoms with Gasteiger partial charge in [-0.05, 0) is 66.3 Å². The molecule has 39 heavy (non-hydrogen) atoms. The summed E-state index contributed by atoms with van der Waals surface area (Å²) in [5.74, 6) is -0.371. The minimum absolute atomic E-state index is 0.0399. The van der Waals surface area contributed by atoms with Crippen LogP contribution in [0.4, 0.5) is 10.1 Å². The fourth-order valence-electron chi connectivity index (χ4n) is 5.51. The lowest BCUT2D eigenvalue weighted by atomic mass is 9.75. The third-order valence-corrected chi connectivity index (χ3v) is 7.48. The lowest BCUT2D eigenvalue weighted by Crippen LogP contribution is -2.41. The molecule has 1 aromatic heterocycles. The number of imidazole rings is 1. The molecule has 0 unspecified atom stereocenters. The number of hydrogen-bond acceptors (Lipinski definition) is 5. The van der Waals surface area contributed by atoms with Gasteiger partial charge in [-0.25, -0.2) is 9.37 Å². The number of benzene rings is 3. The van der Waals surface area contributed by atoms with Crippen LogP contribution in [0.2, 0.25) is 0 Å². The van der Waals surface area contributed by atoms with Crippen LogP contribution in [0.3, 0.4) is 0 Å². The number of nitrogens with one attached hydrogen (secondary N) is 2. The van der Waals surface area contributed by atoms with E-state index in [2.05, 4.69) is 44.5 Å². The van der Waals surface area contributed by atoms with E-state index in [1.54, 1.807) is 12.1 Å². The van der Waals surface area contributed by atoms with Crippen molar-refractivity contribution in [1.29, 1.82) is 0 Å². The van der Waals surface area contributed by atoms with E-state index in [-0.39, 0.29) is 36.7 Å². The number of anilines is 1. The van der Waals surface area contributed by atoms with Crippen LogP contribution in [-0.4, -0.2) is 39.6 Å². The molecule has 0 saturated heterocycles. The maximum atomic E-state index is 13.1. The molecular formula is C31H33FN4O3. The summed E-state index contributed by atoms with van der Waals surface area (Å²) in [5.41, 5.74) is 4.77. The Balaban J connectivity index is 1.24. The monoisotopic (exact) mass is 528 g/mol. The minimum Gasteiger partial charge on any atom is -0.396 e. The molecular weight excluding hydrogens is 495 g/mol.